The summed E-state index contributed by atoms with van der Waals surface area (Å²) in [6, 6.07) is 97.5. The molecule has 0 saturated carbocycles. The van der Waals surface area contributed by atoms with Gasteiger partial charge in [0.1, 0.15) is 0 Å². The van der Waals surface area contributed by atoms with Crippen LogP contribution in [-0.4, -0.2) is 4.57 Å². The van der Waals surface area contributed by atoms with Gasteiger partial charge in [-0.05, 0) is 144 Å². The van der Waals surface area contributed by atoms with Gasteiger partial charge in [-0.3, -0.25) is 0 Å². The normalized spacial score (nSPS) is 11.5. The van der Waals surface area contributed by atoms with Crippen molar-refractivity contribution in [3.63, 3.8) is 0 Å². The Balaban J connectivity index is 0.946. The van der Waals surface area contributed by atoms with Crippen LogP contribution in [0.3, 0.4) is 0 Å². The summed E-state index contributed by atoms with van der Waals surface area (Å²) in [6.45, 7) is 0. The fourth-order valence-corrected chi connectivity index (χ4v) is 10.5. The monoisotopic (exact) mass is 864 g/mol. The van der Waals surface area contributed by atoms with Gasteiger partial charge in [-0.2, -0.15) is 0 Å². The summed E-state index contributed by atoms with van der Waals surface area (Å²) in [5.41, 5.74) is 16.3. The molecule has 0 radical (unpaired) electrons. The van der Waals surface area contributed by atoms with Crippen LogP contribution in [0.15, 0.2) is 267 Å². The fourth-order valence-electron chi connectivity index (χ4n) is 10.5. The molecule has 0 saturated heterocycles. The van der Waals surface area contributed by atoms with Gasteiger partial charge < -0.3 is 9.47 Å². The largest absolute Gasteiger partial charge is 0.310 e. The van der Waals surface area contributed by atoms with Gasteiger partial charge in [-0.15, -0.1) is 0 Å². The number of benzene rings is 12. The van der Waals surface area contributed by atoms with Crippen molar-refractivity contribution in [2.24, 2.45) is 0 Å². The average Bonchev–Trinajstić information content (AvgIpc) is 3.75. The molecular formula is C66H44N2. The Morgan fingerprint density at radius 3 is 1.56 bits per heavy atom. The minimum atomic E-state index is 1.08. The number of fused-ring (bicyclic) bond motifs is 7. The number of aromatic nitrogens is 1. The zero-order chi connectivity index (χ0) is 45.0. The van der Waals surface area contributed by atoms with Gasteiger partial charge in [0.2, 0.25) is 0 Å². The van der Waals surface area contributed by atoms with Gasteiger partial charge in [0.25, 0.3) is 0 Å². The molecule has 1 heterocycles. The van der Waals surface area contributed by atoms with Gasteiger partial charge in [-0.1, -0.05) is 200 Å². The van der Waals surface area contributed by atoms with Crippen molar-refractivity contribution in [3.8, 4) is 50.2 Å². The molecule has 13 rings (SSSR count). The van der Waals surface area contributed by atoms with E-state index in [2.05, 4.69) is 276 Å². The summed E-state index contributed by atoms with van der Waals surface area (Å²) in [5, 5.41) is 10.0. The van der Waals surface area contributed by atoms with Crippen LogP contribution in [0.1, 0.15) is 0 Å². The standard InChI is InChI=1S/C66H44N2/c1-3-14-45(15-4-1)51-35-41-63-65(44-51)68(54-20-5-2-6-21-54)64-27-13-26-62(66(63)64)52-19-11-22-57(43-52)67(56-38-32-49(33-39-56)60-25-12-18-47-16-7-9-23-58(47)60)55-36-30-46(31-37-55)50-34-40-61-53(42-50)29-28-48-17-8-10-24-59(48)61/h1-44H. The van der Waals surface area contributed by atoms with Crippen LogP contribution in [0.5, 0.6) is 0 Å². The van der Waals surface area contributed by atoms with Crippen LogP contribution in [0.2, 0.25) is 0 Å². The van der Waals surface area contributed by atoms with E-state index in [4.69, 9.17) is 0 Å². The summed E-state index contributed by atoms with van der Waals surface area (Å²) >= 11 is 0. The maximum absolute atomic E-state index is 2.42. The zero-order valence-corrected chi connectivity index (χ0v) is 37.3. The van der Waals surface area contributed by atoms with E-state index in [0.29, 0.717) is 0 Å². The lowest BCUT2D eigenvalue weighted by Gasteiger charge is -2.26. The highest BCUT2D eigenvalue weighted by Gasteiger charge is 2.20. The van der Waals surface area contributed by atoms with E-state index in [0.717, 1.165) is 28.3 Å². The molecule has 0 spiro atoms. The van der Waals surface area contributed by atoms with Crippen LogP contribution in [0, 0.1) is 0 Å². The van der Waals surface area contributed by atoms with Gasteiger partial charge in [0, 0.05) is 33.5 Å². The van der Waals surface area contributed by atoms with Crippen LogP contribution >= 0.6 is 0 Å². The van der Waals surface area contributed by atoms with E-state index in [9.17, 15) is 0 Å². The Hall–Kier alpha value is -8.98. The highest BCUT2D eigenvalue weighted by molar-refractivity contribution is 6.16. The van der Waals surface area contributed by atoms with Crippen LogP contribution in [0.25, 0.3) is 104 Å². The molecule has 0 bridgehead atoms. The predicted octanol–water partition coefficient (Wildman–Crippen LogP) is 18.4. The maximum atomic E-state index is 2.42. The van der Waals surface area contributed by atoms with Crippen molar-refractivity contribution in [1.29, 1.82) is 0 Å². The molecule has 13 aromatic rings. The molecular weight excluding hydrogens is 821 g/mol. The van der Waals surface area contributed by atoms with Crippen molar-refractivity contribution < 1.29 is 0 Å². The van der Waals surface area contributed by atoms with Crippen LogP contribution in [0.4, 0.5) is 17.1 Å². The van der Waals surface area contributed by atoms with E-state index >= 15 is 0 Å². The zero-order valence-electron chi connectivity index (χ0n) is 37.3. The first-order valence-corrected chi connectivity index (χ1v) is 23.4. The first-order chi connectivity index (χ1) is 33.7. The third-order valence-electron chi connectivity index (χ3n) is 13.8. The third-order valence-corrected chi connectivity index (χ3v) is 13.8. The first kappa shape index (κ1) is 39.4. The molecule has 68 heavy (non-hydrogen) atoms. The Morgan fingerprint density at radius 2 is 0.779 bits per heavy atom. The van der Waals surface area contributed by atoms with Gasteiger partial charge in [-0.25, -0.2) is 0 Å². The second-order valence-electron chi connectivity index (χ2n) is 17.7. The summed E-state index contributed by atoms with van der Waals surface area (Å²) in [7, 11) is 0. The second-order valence-corrected chi connectivity index (χ2v) is 17.7. The highest BCUT2D eigenvalue weighted by Crippen LogP contribution is 2.43. The number of nitrogens with zero attached hydrogens (tertiary/aromatic N) is 2. The second kappa shape index (κ2) is 16.5. The topological polar surface area (TPSA) is 8.17 Å². The van der Waals surface area contributed by atoms with E-state index in [1.54, 1.807) is 0 Å². The van der Waals surface area contributed by atoms with Crippen molar-refractivity contribution in [1.82, 2.24) is 4.57 Å². The molecule has 1 aromatic heterocycles. The van der Waals surface area contributed by atoms with E-state index in [-0.39, 0.29) is 0 Å². The molecule has 0 atom stereocenters. The molecule has 0 unspecified atom stereocenters. The molecule has 0 amide bonds. The van der Waals surface area contributed by atoms with E-state index in [1.807, 2.05) is 0 Å². The number of hydrogen-bond donors (Lipinski definition) is 0. The summed E-state index contributed by atoms with van der Waals surface area (Å²) in [6.07, 6.45) is 0. The molecule has 0 fully saturated rings. The van der Waals surface area contributed by atoms with Gasteiger partial charge >= 0.3 is 0 Å². The Bertz CT molecular complexity index is 3990. The minimum Gasteiger partial charge on any atom is -0.310 e. The highest BCUT2D eigenvalue weighted by atomic mass is 15.1. The van der Waals surface area contributed by atoms with Crippen molar-refractivity contribution in [2.45, 2.75) is 0 Å². The van der Waals surface area contributed by atoms with Crippen LogP contribution < -0.4 is 4.90 Å². The summed E-state index contributed by atoms with van der Waals surface area (Å²) < 4.78 is 2.42. The van der Waals surface area contributed by atoms with E-state index < -0.39 is 0 Å². The number of hydrogen-bond acceptors (Lipinski definition) is 1. The SMILES string of the molecule is c1ccc(-c2ccc3c4c(-c5cccc(N(c6ccc(-c7ccc8c(ccc9ccccc98)c7)cc6)c6ccc(-c7cccc8ccccc78)cc6)c5)cccc4n(-c4ccccc4)c3c2)cc1. The molecule has 2 heteroatoms. The smallest absolute Gasteiger partial charge is 0.0547 e. The van der Waals surface area contributed by atoms with E-state index in [1.165, 1.54) is 93.1 Å². The number of anilines is 3. The van der Waals surface area contributed by atoms with Crippen LogP contribution in [-0.2, 0) is 0 Å². The summed E-state index contributed by atoms with van der Waals surface area (Å²) in [5.74, 6) is 0. The Kier molecular flexibility index (Phi) is 9.54. The maximum Gasteiger partial charge on any atom is 0.0547 e. The predicted molar refractivity (Wildman–Crippen MR) is 290 cm³/mol. The molecule has 0 aliphatic heterocycles. The Labute approximate surface area is 395 Å². The number of para-hydroxylation sites is 1. The third kappa shape index (κ3) is 6.82. The van der Waals surface area contributed by atoms with Crippen molar-refractivity contribution in [2.75, 3.05) is 4.90 Å². The van der Waals surface area contributed by atoms with Crippen molar-refractivity contribution in [3.05, 3.63) is 267 Å². The lowest BCUT2D eigenvalue weighted by Crippen LogP contribution is -2.10. The Morgan fingerprint density at radius 1 is 0.250 bits per heavy atom. The minimum absolute atomic E-state index is 1.08. The molecule has 2 nitrogen and oxygen atoms in total. The van der Waals surface area contributed by atoms with Crippen molar-refractivity contribution >= 4 is 71.2 Å². The quantitative estimate of drug-likeness (QED) is 0.138. The summed E-state index contributed by atoms with van der Waals surface area (Å²) in [4.78, 5) is 2.40. The molecule has 0 N–H and O–H groups in total. The lowest BCUT2D eigenvalue weighted by atomic mass is 9.96. The van der Waals surface area contributed by atoms with Gasteiger partial charge in [0.05, 0.1) is 11.0 Å². The molecule has 12 aromatic carbocycles. The number of rotatable bonds is 8. The lowest BCUT2D eigenvalue weighted by molar-refractivity contribution is 1.18. The fraction of sp³-hybridized carbons (Fsp3) is 0. The molecule has 0 aliphatic carbocycles. The molecule has 0 aliphatic rings. The van der Waals surface area contributed by atoms with Gasteiger partial charge in [0.15, 0.2) is 0 Å². The average molecular weight is 865 g/mol. The molecule has 318 valence electrons. The first-order valence-electron chi connectivity index (χ1n) is 23.4.